The quantitative estimate of drug-likeness (QED) is 0.334. The molecule has 0 bridgehead atoms. The molecule has 0 radical (unpaired) electrons. The summed E-state index contributed by atoms with van der Waals surface area (Å²) in [5.74, 6) is -1.54. The van der Waals surface area contributed by atoms with Crippen LogP contribution in [0.3, 0.4) is 0 Å². The number of non-ortho nitro benzene ring substituents is 1. The number of rotatable bonds is 7. The summed E-state index contributed by atoms with van der Waals surface area (Å²) in [6, 6.07) is 13.1. The van der Waals surface area contributed by atoms with Crippen molar-refractivity contribution in [1.82, 2.24) is 0 Å². The number of anilines is 1. The molecule has 3 rings (SSSR count). The van der Waals surface area contributed by atoms with E-state index in [1.54, 1.807) is 36.9 Å². The molecule has 0 aromatic heterocycles. The minimum Gasteiger partial charge on any atom is -0.494 e. The normalized spacial score (nSPS) is 14.2. The molecule has 2 aromatic rings. The molecule has 9 nitrogen and oxygen atoms in total. The molecule has 0 aliphatic carbocycles. The Hall–Kier alpha value is -4.14. The summed E-state index contributed by atoms with van der Waals surface area (Å²) >= 11 is 0. The largest absolute Gasteiger partial charge is 0.494 e. The molecule has 0 unspecified atom stereocenters. The van der Waals surface area contributed by atoms with Crippen molar-refractivity contribution in [3.8, 4) is 5.75 Å². The lowest BCUT2D eigenvalue weighted by molar-refractivity contribution is -0.384. The van der Waals surface area contributed by atoms with Gasteiger partial charge in [0.15, 0.2) is 0 Å². The van der Waals surface area contributed by atoms with Crippen LogP contribution < -0.4 is 9.64 Å². The lowest BCUT2D eigenvalue weighted by Gasteiger charge is -2.37. The second kappa shape index (κ2) is 10.2. The van der Waals surface area contributed by atoms with E-state index in [0.29, 0.717) is 35.0 Å². The summed E-state index contributed by atoms with van der Waals surface area (Å²) < 4.78 is 15.7. The SMILES string of the molecule is CCOc1ccc(N2C(C)=C(C(=O)OC)C(c3cccc([N+](=O)[O-])c3)C(C(=O)OC)=C2C)cc1. The average Bonchev–Trinajstić information content (AvgIpc) is 2.84. The maximum absolute atomic E-state index is 13.0. The Balaban J connectivity index is 2.29. The predicted molar refractivity (Wildman–Crippen MR) is 125 cm³/mol. The number of hydrogen-bond donors (Lipinski definition) is 0. The van der Waals surface area contributed by atoms with Gasteiger partial charge in [0.05, 0.1) is 42.8 Å². The van der Waals surface area contributed by atoms with Crippen LogP contribution in [0, 0.1) is 10.1 Å². The van der Waals surface area contributed by atoms with Crippen molar-refractivity contribution in [1.29, 1.82) is 0 Å². The number of carbonyl (C=O) groups excluding carboxylic acids is 2. The molecule has 1 aliphatic rings. The zero-order chi connectivity index (χ0) is 25.0. The molecular weight excluding hydrogens is 440 g/mol. The highest BCUT2D eigenvalue weighted by Crippen LogP contribution is 2.45. The van der Waals surface area contributed by atoms with E-state index in [1.165, 1.54) is 32.4 Å². The Morgan fingerprint density at radius 3 is 2.00 bits per heavy atom. The van der Waals surface area contributed by atoms with E-state index in [0.717, 1.165) is 0 Å². The maximum Gasteiger partial charge on any atom is 0.336 e. The number of methoxy groups -OCH3 is 2. The van der Waals surface area contributed by atoms with Crippen molar-refractivity contribution >= 4 is 23.3 Å². The third-order valence-corrected chi connectivity index (χ3v) is 5.66. The highest BCUT2D eigenvalue weighted by molar-refractivity contribution is 6.01. The molecule has 1 heterocycles. The number of nitro groups is 1. The van der Waals surface area contributed by atoms with Crippen molar-refractivity contribution in [3.63, 3.8) is 0 Å². The predicted octanol–water partition coefficient (Wildman–Crippen LogP) is 4.49. The standard InChI is InChI=1S/C25H26N2O7/c1-6-34-20-12-10-18(11-13-20)26-15(2)21(24(28)32-4)23(22(16(26)3)25(29)33-5)17-8-7-9-19(14-17)27(30)31/h7-14,23H,6H2,1-5H3. The summed E-state index contributed by atoms with van der Waals surface area (Å²) in [6.07, 6.45) is 0. The minimum atomic E-state index is -0.918. The van der Waals surface area contributed by atoms with Crippen LogP contribution in [-0.2, 0) is 19.1 Å². The fraction of sp³-hybridized carbons (Fsp3) is 0.280. The zero-order valence-corrected chi connectivity index (χ0v) is 19.7. The number of nitro benzene ring substituents is 1. The van der Waals surface area contributed by atoms with Crippen molar-refractivity contribution in [2.45, 2.75) is 26.7 Å². The highest BCUT2D eigenvalue weighted by Gasteiger charge is 2.41. The van der Waals surface area contributed by atoms with Crippen LogP contribution in [0.4, 0.5) is 11.4 Å². The lowest BCUT2D eigenvalue weighted by Crippen LogP contribution is -2.35. The topological polar surface area (TPSA) is 108 Å². The molecule has 0 spiro atoms. The maximum atomic E-state index is 13.0. The molecule has 9 heteroatoms. The number of ether oxygens (including phenoxy) is 3. The molecule has 0 fully saturated rings. The molecule has 178 valence electrons. The van der Waals surface area contributed by atoms with Gasteiger partial charge < -0.3 is 19.1 Å². The van der Waals surface area contributed by atoms with Gasteiger partial charge in [0.25, 0.3) is 5.69 Å². The highest BCUT2D eigenvalue weighted by atomic mass is 16.6. The van der Waals surface area contributed by atoms with E-state index in [2.05, 4.69) is 0 Å². The van der Waals surface area contributed by atoms with Gasteiger partial charge in [-0.1, -0.05) is 12.1 Å². The lowest BCUT2D eigenvalue weighted by atomic mass is 9.79. The van der Waals surface area contributed by atoms with E-state index in [-0.39, 0.29) is 16.8 Å². The van der Waals surface area contributed by atoms with Gasteiger partial charge >= 0.3 is 11.9 Å². The molecule has 0 N–H and O–H groups in total. The van der Waals surface area contributed by atoms with Crippen LogP contribution in [0.25, 0.3) is 0 Å². The van der Waals surface area contributed by atoms with Gasteiger partial charge in [-0.2, -0.15) is 0 Å². The van der Waals surface area contributed by atoms with Gasteiger partial charge in [-0.15, -0.1) is 0 Å². The number of carbonyl (C=O) groups is 2. The van der Waals surface area contributed by atoms with Crippen LogP contribution in [0.5, 0.6) is 5.75 Å². The Bertz CT molecular complexity index is 1140. The van der Waals surface area contributed by atoms with E-state index in [9.17, 15) is 19.7 Å². The second-order valence-electron chi connectivity index (χ2n) is 7.53. The Labute approximate surface area is 197 Å². The van der Waals surface area contributed by atoms with Crippen LogP contribution >= 0.6 is 0 Å². The first-order valence-corrected chi connectivity index (χ1v) is 10.6. The van der Waals surface area contributed by atoms with Crippen molar-refractivity contribution in [2.24, 2.45) is 0 Å². The molecule has 1 aliphatic heterocycles. The van der Waals surface area contributed by atoms with E-state index in [4.69, 9.17) is 14.2 Å². The first-order chi connectivity index (χ1) is 16.2. The third-order valence-electron chi connectivity index (χ3n) is 5.66. The molecule has 2 aromatic carbocycles. The Morgan fingerprint density at radius 1 is 0.971 bits per heavy atom. The molecule has 0 amide bonds. The third kappa shape index (κ3) is 4.50. The second-order valence-corrected chi connectivity index (χ2v) is 7.53. The minimum absolute atomic E-state index is 0.157. The molecular formula is C25H26N2O7. The molecule has 34 heavy (non-hydrogen) atoms. The molecule has 0 saturated carbocycles. The number of nitrogens with zero attached hydrogens (tertiary/aromatic N) is 2. The molecule has 0 atom stereocenters. The summed E-state index contributed by atoms with van der Waals surface area (Å²) in [4.78, 5) is 38.7. The van der Waals surface area contributed by atoms with Crippen molar-refractivity contribution < 1.29 is 28.7 Å². The Kier molecular flexibility index (Phi) is 7.35. The van der Waals surface area contributed by atoms with Gasteiger partial charge in [-0.05, 0) is 50.6 Å². The Morgan fingerprint density at radius 2 is 1.53 bits per heavy atom. The summed E-state index contributed by atoms with van der Waals surface area (Å²) in [5, 5.41) is 11.4. The van der Waals surface area contributed by atoms with Gasteiger partial charge in [-0.3, -0.25) is 10.1 Å². The van der Waals surface area contributed by atoms with E-state index in [1.807, 2.05) is 19.1 Å². The number of benzene rings is 2. The number of allylic oxidation sites excluding steroid dienone is 2. The van der Waals surface area contributed by atoms with Crippen LogP contribution in [0.2, 0.25) is 0 Å². The summed E-state index contributed by atoms with van der Waals surface area (Å²) in [6.45, 7) is 5.89. The van der Waals surface area contributed by atoms with Gasteiger partial charge in [-0.25, -0.2) is 9.59 Å². The van der Waals surface area contributed by atoms with E-state index >= 15 is 0 Å². The van der Waals surface area contributed by atoms with Gasteiger partial charge in [0.1, 0.15) is 5.75 Å². The first-order valence-electron chi connectivity index (χ1n) is 10.6. The zero-order valence-electron chi connectivity index (χ0n) is 19.7. The summed E-state index contributed by atoms with van der Waals surface area (Å²) in [7, 11) is 2.49. The monoisotopic (exact) mass is 466 g/mol. The summed E-state index contributed by atoms with van der Waals surface area (Å²) in [5.41, 5.74) is 2.36. The van der Waals surface area contributed by atoms with Crippen LogP contribution in [0.1, 0.15) is 32.3 Å². The smallest absolute Gasteiger partial charge is 0.336 e. The van der Waals surface area contributed by atoms with Crippen molar-refractivity contribution in [3.05, 3.63) is 86.7 Å². The van der Waals surface area contributed by atoms with Crippen LogP contribution in [0.15, 0.2) is 71.1 Å². The number of esters is 2. The number of hydrogen-bond acceptors (Lipinski definition) is 8. The van der Waals surface area contributed by atoms with Gasteiger partial charge in [0, 0.05) is 29.2 Å². The molecule has 0 saturated heterocycles. The van der Waals surface area contributed by atoms with Crippen LogP contribution in [-0.4, -0.2) is 37.7 Å². The van der Waals surface area contributed by atoms with E-state index < -0.39 is 22.8 Å². The fourth-order valence-corrected chi connectivity index (χ4v) is 4.20. The average molecular weight is 466 g/mol. The van der Waals surface area contributed by atoms with Crippen molar-refractivity contribution in [2.75, 3.05) is 25.7 Å². The van der Waals surface area contributed by atoms with Gasteiger partial charge in [0.2, 0.25) is 0 Å². The fourth-order valence-electron chi connectivity index (χ4n) is 4.20. The first kappa shape index (κ1) is 24.5.